The van der Waals surface area contributed by atoms with Gasteiger partial charge in [-0.3, -0.25) is 8.51 Å². The average Bonchev–Trinajstić information content (AvgIpc) is 2.80. The Labute approximate surface area is 195 Å². The maximum absolute atomic E-state index is 12.5. The number of hydrogen-bond acceptors (Lipinski definition) is 7. The number of anilines is 3. The molecule has 2 N–H and O–H groups in total. The van der Waals surface area contributed by atoms with Crippen molar-refractivity contribution in [2.75, 3.05) is 23.8 Å². The van der Waals surface area contributed by atoms with Gasteiger partial charge in [-0.1, -0.05) is 24.6 Å². The number of nitrogens with zero attached hydrogens (tertiary/aromatic N) is 1. The van der Waals surface area contributed by atoms with E-state index in [1.807, 2.05) is 13.8 Å². The molecular weight excluding hydrogens is 444 g/mol. The molecule has 0 saturated carbocycles. The number of benzene rings is 3. The Hall–Kier alpha value is -3.56. The van der Waals surface area contributed by atoms with Crippen molar-refractivity contribution in [1.29, 1.82) is 0 Å². The van der Waals surface area contributed by atoms with Crippen molar-refractivity contribution < 1.29 is 27.8 Å². The van der Waals surface area contributed by atoms with Gasteiger partial charge in [0.05, 0.1) is 47.6 Å². The molecule has 1 atom stereocenters. The Morgan fingerprint density at radius 2 is 1.73 bits per heavy atom. The lowest BCUT2D eigenvalue weighted by Gasteiger charge is -2.28. The summed E-state index contributed by atoms with van der Waals surface area (Å²) in [4.78, 5) is 12.5. The molecule has 3 aromatic rings. The monoisotopic (exact) mass is 469 g/mol. The number of carbonyl (C=O) groups is 1. The molecular formula is C24H25N2O6S-. The number of hydrogen-bond donors (Lipinski definition) is 1. The van der Waals surface area contributed by atoms with Gasteiger partial charge in [-0.15, -0.1) is 0 Å². The first-order valence-electron chi connectivity index (χ1n) is 10.2. The Morgan fingerprint density at radius 1 is 1.06 bits per heavy atom. The lowest BCUT2D eigenvalue weighted by atomic mass is 10.1. The van der Waals surface area contributed by atoms with Crippen molar-refractivity contribution in [3.05, 3.63) is 71.8 Å². The molecule has 0 fully saturated rings. The highest BCUT2D eigenvalue weighted by molar-refractivity contribution is 7.81. The summed E-state index contributed by atoms with van der Waals surface area (Å²) in [6, 6.07) is 16.3. The van der Waals surface area contributed by atoms with Gasteiger partial charge in [0.25, 0.3) is 0 Å². The Balaban J connectivity index is 1.99. The fourth-order valence-corrected chi connectivity index (χ4v) is 3.68. The van der Waals surface area contributed by atoms with Gasteiger partial charge < -0.3 is 24.5 Å². The summed E-state index contributed by atoms with van der Waals surface area (Å²) in [7, 11) is 1.22. The minimum absolute atomic E-state index is 0.0256. The van der Waals surface area contributed by atoms with E-state index < -0.39 is 17.2 Å². The zero-order valence-electron chi connectivity index (χ0n) is 18.6. The van der Waals surface area contributed by atoms with Crippen LogP contribution in [-0.4, -0.2) is 28.4 Å². The average molecular weight is 470 g/mol. The van der Waals surface area contributed by atoms with Gasteiger partial charge in [0.1, 0.15) is 17.2 Å². The number of rotatable bonds is 9. The van der Waals surface area contributed by atoms with Crippen LogP contribution in [-0.2, 0) is 16.0 Å². The van der Waals surface area contributed by atoms with Gasteiger partial charge in [0.15, 0.2) is 0 Å². The number of nitrogen functional groups attached to an aromatic ring is 1. The molecule has 3 aromatic carbocycles. The van der Waals surface area contributed by atoms with Crippen LogP contribution in [0.1, 0.15) is 29.3 Å². The molecule has 33 heavy (non-hydrogen) atoms. The standard InChI is InChI=1S/C24H26N2O6S/c1-4-13-31-23-15-19(9-11-21(23)25)32-18-10-12-22(20(14-18)24(27)30-3)26(33(28)29)17-7-5-16(2)6-8-17/h5-12,14-15H,4,13,25H2,1-3H3,(H,28,29)/p-1. The molecule has 8 nitrogen and oxygen atoms in total. The highest BCUT2D eigenvalue weighted by Gasteiger charge is 2.21. The van der Waals surface area contributed by atoms with E-state index in [2.05, 4.69) is 0 Å². The second-order valence-electron chi connectivity index (χ2n) is 7.17. The van der Waals surface area contributed by atoms with Crippen LogP contribution in [0.3, 0.4) is 0 Å². The molecule has 0 aliphatic heterocycles. The number of ether oxygens (including phenoxy) is 3. The zero-order chi connectivity index (χ0) is 24.0. The smallest absolute Gasteiger partial charge is 0.340 e. The van der Waals surface area contributed by atoms with Gasteiger partial charge in [-0.2, -0.15) is 0 Å². The third-order valence-electron chi connectivity index (χ3n) is 4.69. The Morgan fingerprint density at radius 3 is 2.36 bits per heavy atom. The van der Waals surface area contributed by atoms with E-state index in [9.17, 15) is 13.6 Å². The van der Waals surface area contributed by atoms with Crippen LogP contribution in [0.4, 0.5) is 17.1 Å². The molecule has 0 spiro atoms. The van der Waals surface area contributed by atoms with Crippen LogP contribution in [0.2, 0.25) is 0 Å². The Kier molecular flexibility index (Phi) is 7.92. The molecule has 0 aliphatic carbocycles. The van der Waals surface area contributed by atoms with Crippen molar-refractivity contribution in [2.24, 2.45) is 0 Å². The highest BCUT2D eigenvalue weighted by Crippen LogP contribution is 2.35. The molecule has 0 radical (unpaired) electrons. The summed E-state index contributed by atoms with van der Waals surface area (Å²) in [5, 5.41) is 0. The number of methoxy groups -OCH3 is 1. The van der Waals surface area contributed by atoms with Crippen LogP contribution < -0.4 is 19.5 Å². The predicted molar refractivity (Wildman–Crippen MR) is 127 cm³/mol. The van der Waals surface area contributed by atoms with E-state index in [1.165, 1.54) is 19.2 Å². The SMILES string of the molecule is CCCOc1cc(Oc2ccc(N(c3ccc(C)cc3)S(=O)[O-])c(C(=O)OC)c2)ccc1N. The molecule has 174 valence electrons. The summed E-state index contributed by atoms with van der Waals surface area (Å²) in [6.45, 7) is 4.39. The first kappa shape index (κ1) is 24.1. The fourth-order valence-electron chi connectivity index (χ4n) is 3.07. The van der Waals surface area contributed by atoms with Crippen molar-refractivity contribution in [2.45, 2.75) is 20.3 Å². The molecule has 1 unspecified atom stereocenters. The summed E-state index contributed by atoms with van der Waals surface area (Å²) in [5.74, 6) is 0.543. The molecule has 0 aromatic heterocycles. The lowest BCUT2D eigenvalue weighted by molar-refractivity contribution is 0.0601. The van der Waals surface area contributed by atoms with Gasteiger partial charge in [-0.05, 0) is 55.8 Å². The number of nitrogens with two attached hydrogens (primary N) is 1. The van der Waals surface area contributed by atoms with Crippen LogP contribution in [0.15, 0.2) is 60.7 Å². The lowest BCUT2D eigenvalue weighted by Crippen LogP contribution is -2.22. The molecule has 0 bridgehead atoms. The van der Waals surface area contributed by atoms with Crippen molar-refractivity contribution in [3.8, 4) is 17.2 Å². The number of aryl methyl sites for hydroxylation is 1. The van der Waals surface area contributed by atoms with Gasteiger partial charge in [0, 0.05) is 6.07 Å². The van der Waals surface area contributed by atoms with Gasteiger partial charge >= 0.3 is 5.97 Å². The van der Waals surface area contributed by atoms with Crippen LogP contribution in [0.25, 0.3) is 0 Å². The van der Waals surface area contributed by atoms with E-state index >= 15 is 0 Å². The van der Waals surface area contributed by atoms with Crippen LogP contribution >= 0.6 is 0 Å². The largest absolute Gasteiger partial charge is 0.755 e. The predicted octanol–water partition coefficient (Wildman–Crippen LogP) is 4.88. The number of carbonyl (C=O) groups excluding carboxylic acids is 1. The summed E-state index contributed by atoms with van der Waals surface area (Å²) >= 11 is -2.69. The van der Waals surface area contributed by atoms with E-state index in [0.29, 0.717) is 35.2 Å². The molecule has 0 saturated heterocycles. The summed E-state index contributed by atoms with van der Waals surface area (Å²) in [6.07, 6.45) is 0.826. The maximum Gasteiger partial charge on any atom is 0.340 e. The third kappa shape index (κ3) is 5.82. The molecule has 0 amide bonds. The second kappa shape index (κ2) is 10.8. The Bertz CT molecular complexity index is 1150. The quantitative estimate of drug-likeness (QED) is 0.270. The van der Waals surface area contributed by atoms with E-state index in [0.717, 1.165) is 16.3 Å². The molecule has 0 heterocycles. The van der Waals surface area contributed by atoms with E-state index in [1.54, 1.807) is 48.5 Å². The maximum atomic E-state index is 12.5. The zero-order valence-corrected chi connectivity index (χ0v) is 19.4. The van der Waals surface area contributed by atoms with Gasteiger partial charge in [0.2, 0.25) is 0 Å². The third-order valence-corrected chi connectivity index (χ3v) is 5.40. The molecule has 9 heteroatoms. The first-order valence-corrected chi connectivity index (χ1v) is 11.3. The van der Waals surface area contributed by atoms with Crippen LogP contribution in [0, 0.1) is 6.92 Å². The number of esters is 1. The van der Waals surface area contributed by atoms with Crippen molar-refractivity contribution in [3.63, 3.8) is 0 Å². The highest BCUT2D eigenvalue weighted by atomic mass is 32.2. The summed E-state index contributed by atoms with van der Waals surface area (Å²) < 4.78 is 41.6. The fraction of sp³-hybridized carbons (Fsp3) is 0.208. The second-order valence-corrected chi connectivity index (χ2v) is 7.97. The normalized spacial score (nSPS) is 11.5. The summed E-state index contributed by atoms with van der Waals surface area (Å²) in [5.41, 5.74) is 7.94. The van der Waals surface area contributed by atoms with Gasteiger partial charge in [-0.25, -0.2) is 4.79 Å². The topological polar surface area (TPSA) is 114 Å². The van der Waals surface area contributed by atoms with Crippen LogP contribution in [0.5, 0.6) is 17.2 Å². The molecule has 3 rings (SSSR count). The minimum Gasteiger partial charge on any atom is -0.755 e. The minimum atomic E-state index is -2.69. The van der Waals surface area contributed by atoms with E-state index in [4.69, 9.17) is 19.9 Å². The first-order chi connectivity index (χ1) is 15.8. The van der Waals surface area contributed by atoms with E-state index in [-0.39, 0.29) is 11.3 Å². The molecule has 0 aliphatic rings. The van der Waals surface area contributed by atoms with Crippen molar-refractivity contribution in [1.82, 2.24) is 0 Å². The van der Waals surface area contributed by atoms with Crippen molar-refractivity contribution >= 4 is 34.3 Å².